The second kappa shape index (κ2) is 7.06. The number of carbonyl (C=O) groups is 1. The van der Waals surface area contributed by atoms with Gasteiger partial charge in [0, 0.05) is 12.1 Å². The Balaban J connectivity index is 2.41. The number of hydrogen-bond acceptors (Lipinski definition) is 2. The molecular weight excluding hydrogens is 289 g/mol. The fraction of sp³-hybridized carbons (Fsp3) is 0.250. The maximum atomic E-state index is 13.2. The summed E-state index contributed by atoms with van der Waals surface area (Å²) < 4.78 is 18.4. The van der Waals surface area contributed by atoms with E-state index in [1.165, 1.54) is 18.4 Å². The average Bonchev–Trinajstić information content (AvgIpc) is 2.32. The predicted octanol–water partition coefficient (Wildman–Crippen LogP) is 2.87. The number of nitrogens with one attached hydrogen (secondary N) is 1. The molecule has 1 aromatic carbocycles. The molecule has 1 aromatic rings. The van der Waals surface area contributed by atoms with Crippen LogP contribution in [0.4, 0.5) is 4.39 Å². The molecule has 0 aliphatic carbocycles. The van der Waals surface area contributed by atoms with E-state index in [1.54, 1.807) is 6.07 Å². The maximum Gasteiger partial charge on any atom is 0.251 e. The summed E-state index contributed by atoms with van der Waals surface area (Å²) in [5.41, 5.74) is 0.301. The molecule has 0 aromatic heterocycles. The van der Waals surface area contributed by atoms with Crippen LogP contribution in [0.2, 0.25) is 0 Å². The van der Waals surface area contributed by atoms with Crippen molar-refractivity contribution < 1.29 is 13.9 Å². The van der Waals surface area contributed by atoms with Crippen molar-refractivity contribution in [2.75, 3.05) is 13.2 Å². The zero-order chi connectivity index (χ0) is 12.7. The Morgan fingerprint density at radius 3 is 3.00 bits per heavy atom. The zero-order valence-electron chi connectivity index (χ0n) is 9.21. The number of benzene rings is 1. The first-order valence-corrected chi connectivity index (χ1v) is 5.90. The van der Waals surface area contributed by atoms with Gasteiger partial charge in [0.15, 0.2) is 0 Å². The molecule has 92 valence electrons. The molecule has 1 rings (SSSR count). The highest BCUT2D eigenvalue weighted by Crippen LogP contribution is 2.16. The van der Waals surface area contributed by atoms with Crippen LogP contribution < -0.4 is 5.32 Å². The van der Waals surface area contributed by atoms with E-state index in [1.807, 2.05) is 0 Å². The zero-order valence-corrected chi connectivity index (χ0v) is 10.8. The first-order valence-electron chi connectivity index (χ1n) is 5.11. The number of rotatable bonds is 6. The predicted molar refractivity (Wildman–Crippen MR) is 67.2 cm³/mol. The molecule has 0 spiro atoms. The van der Waals surface area contributed by atoms with Crippen molar-refractivity contribution in [1.29, 1.82) is 0 Å². The van der Waals surface area contributed by atoms with Crippen LogP contribution in [0.5, 0.6) is 0 Å². The number of halogens is 2. The van der Waals surface area contributed by atoms with Crippen molar-refractivity contribution in [3.8, 4) is 0 Å². The number of amides is 1. The average molecular weight is 302 g/mol. The van der Waals surface area contributed by atoms with Crippen LogP contribution in [0.25, 0.3) is 0 Å². The maximum absolute atomic E-state index is 13.2. The molecule has 0 bridgehead atoms. The highest BCUT2D eigenvalue weighted by atomic mass is 79.9. The monoisotopic (exact) mass is 301 g/mol. The van der Waals surface area contributed by atoms with Gasteiger partial charge in [-0.05, 0) is 40.5 Å². The van der Waals surface area contributed by atoms with Gasteiger partial charge in [-0.2, -0.15) is 0 Å². The molecule has 17 heavy (non-hydrogen) atoms. The molecular formula is C12H13BrFNO2. The van der Waals surface area contributed by atoms with Crippen molar-refractivity contribution in [3.63, 3.8) is 0 Å². The Kier molecular flexibility index (Phi) is 5.69. The Hall–Kier alpha value is -1.36. The Morgan fingerprint density at radius 1 is 1.59 bits per heavy atom. The highest BCUT2D eigenvalue weighted by Gasteiger charge is 2.07. The summed E-state index contributed by atoms with van der Waals surface area (Å²) in [5.74, 6) is -0.748. The van der Waals surface area contributed by atoms with E-state index in [0.29, 0.717) is 29.6 Å². The lowest BCUT2D eigenvalue weighted by Gasteiger charge is -2.05. The largest absolute Gasteiger partial charge is 0.502 e. The minimum atomic E-state index is -0.451. The van der Waals surface area contributed by atoms with E-state index >= 15 is 0 Å². The van der Waals surface area contributed by atoms with Crippen LogP contribution in [-0.4, -0.2) is 19.1 Å². The Morgan fingerprint density at radius 2 is 2.35 bits per heavy atom. The second-order valence-electron chi connectivity index (χ2n) is 3.28. The molecule has 0 aliphatic heterocycles. The summed E-state index contributed by atoms with van der Waals surface area (Å²) in [5, 5.41) is 2.67. The number of hydrogen-bond donors (Lipinski definition) is 1. The Bertz CT molecular complexity index is 409. The lowest BCUT2D eigenvalue weighted by molar-refractivity contribution is 0.0950. The van der Waals surface area contributed by atoms with Gasteiger partial charge in [0.25, 0.3) is 5.91 Å². The standard InChI is InChI=1S/C12H13BrFNO2/c1-2-17-7-3-6-15-12(16)9-4-5-10(13)11(14)8-9/h2,4-5,8H,1,3,6-7H2,(H,15,16). The third-order valence-corrected chi connectivity index (χ3v) is 2.67. The van der Waals surface area contributed by atoms with Gasteiger partial charge in [-0.15, -0.1) is 0 Å². The fourth-order valence-electron chi connectivity index (χ4n) is 1.18. The minimum absolute atomic E-state index is 0.296. The third kappa shape index (κ3) is 4.56. The second-order valence-corrected chi connectivity index (χ2v) is 4.13. The molecule has 0 saturated heterocycles. The van der Waals surface area contributed by atoms with Crippen molar-refractivity contribution in [2.24, 2.45) is 0 Å². The molecule has 0 saturated carbocycles. The van der Waals surface area contributed by atoms with Gasteiger partial charge in [0.1, 0.15) is 5.82 Å². The summed E-state index contributed by atoms with van der Waals surface area (Å²) in [6, 6.07) is 4.26. The topological polar surface area (TPSA) is 38.3 Å². The van der Waals surface area contributed by atoms with Crippen molar-refractivity contribution in [2.45, 2.75) is 6.42 Å². The molecule has 3 nitrogen and oxygen atoms in total. The molecule has 0 heterocycles. The highest BCUT2D eigenvalue weighted by molar-refractivity contribution is 9.10. The first kappa shape index (κ1) is 13.7. The molecule has 0 aliphatic rings. The summed E-state index contributed by atoms with van der Waals surface area (Å²) in [4.78, 5) is 11.6. The summed E-state index contributed by atoms with van der Waals surface area (Å²) in [7, 11) is 0. The molecule has 1 amide bonds. The van der Waals surface area contributed by atoms with Gasteiger partial charge >= 0.3 is 0 Å². The smallest absolute Gasteiger partial charge is 0.251 e. The van der Waals surface area contributed by atoms with Crippen molar-refractivity contribution in [3.05, 3.63) is 46.9 Å². The summed E-state index contributed by atoms with van der Waals surface area (Å²) >= 11 is 3.03. The number of carbonyl (C=O) groups excluding carboxylic acids is 1. The first-order chi connectivity index (χ1) is 8.15. The Labute approximate surface area is 108 Å². The lowest BCUT2D eigenvalue weighted by Crippen LogP contribution is -2.25. The van der Waals surface area contributed by atoms with E-state index in [4.69, 9.17) is 4.74 Å². The van der Waals surface area contributed by atoms with Crippen LogP contribution in [0, 0.1) is 5.82 Å². The normalized spacial score (nSPS) is 9.76. The van der Waals surface area contributed by atoms with E-state index in [0.717, 1.165) is 0 Å². The van der Waals surface area contributed by atoms with Gasteiger partial charge in [-0.1, -0.05) is 6.58 Å². The van der Waals surface area contributed by atoms with Crippen LogP contribution in [0.1, 0.15) is 16.8 Å². The molecule has 0 unspecified atom stereocenters. The quantitative estimate of drug-likeness (QED) is 0.648. The van der Waals surface area contributed by atoms with Crippen LogP contribution >= 0.6 is 15.9 Å². The minimum Gasteiger partial charge on any atom is -0.502 e. The molecule has 1 N–H and O–H groups in total. The van der Waals surface area contributed by atoms with Gasteiger partial charge in [0.2, 0.25) is 0 Å². The van der Waals surface area contributed by atoms with Crippen molar-refractivity contribution in [1.82, 2.24) is 5.32 Å². The van der Waals surface area contributed by atoms with E-state index in [9.17, 15) is 9.18 Å². The van der Waals surface area contributed by atoms with Gasteiger partial charge in [-0.3, -0.25) is 4.79 Å². The third-order valence-electron chi connectivity index (χ3n) is 2.02. The van der Waals surface area contributed by atoms with Gasteiger partial charge in [0.05, 0.1) is 17.3 Å². The molecule has 0 atom stereocenters. The lowest BCUT2D eigenvalue weighted by atomic mass is 10.2. The van der Waals surface area contributed by atoms with Crippen molar-refractivity contribution >= 4 is 21.8 Å². The SMILES string of the molecule is C=COCCCNC(=O)c1ccc(Br)c(F)c1. The molecule has 5 heteroatoms. The molecule has 0 fully saturated rings. The van der Waals surface area contributed by atoms with E-state index in [-0.39, 0.29) is 5.91 Å². The fourth-order valence-corrected chi connectivity index (χ4v) is 1.43. The van der Waals surface area contributed by atoms with Crippen LogP contribution in [-0.2, 0) is 4.74 Å². The summed E-state index contributed by atoms with van der Waals surface area (Å²) in [6.45, 7) is 4.38. The van der Waals surface area contributed by atoms with Crippen LogP contribution in [0.15, 0.2) is 35.5 Å². The number of ether oxygens (including phenoxy) is 1. The van der Waals surface area contributed by atoms with Crippen LogP contribution in [0.3, 0.4) is 0 Å². The molecule has 0 radical (unpaired) electrons. The van der Waals surface area contributed by atoms with Gasteiger partial charge in [-0.25, -0.2) is 4.39 Å². The van der Waals surface area contributed by atoms with E-state index in [2.05, 4.69) is 27.8 Å². The van der Waals surface area contributed by atoms with Gasteiger partial charge < -0.3 is 10.1 Å². The summed E-state index contributed by atoms with van der Waals surface area (Å²) in [6.07, 6.45) is 2.03. The van der Waals surface area contributed by atoms with E-state index < -0.39 is 5.82 Å².